The van der Waals surface area contributed by atoms with Gasteiger partial charge >= 0.3 is 0 Å². The van der Waals surface area contributed by atoms with Crippen molar-refractivity contribution >= 4 is 22.7 Å². The Hall–Kier alpha value is -2.74. The van der Waals surface area contributed by atoms with Crippen LogP contribution in [0.2, 0.25) is 0 Å². The molecule has 0 heterocycles. The average molecular weight is 499 g/mol. The number of aryl methyl sites for hydroxylation is 1. The van der Waals surface area contributed by atoms with E-state index in [0.717, 1.165) is 11.4 Å². The molecule has 37 heavy (non-hydrogen) atoms. The second-order valence-electron chi connectivity index (χ2n) is 14.8. The number of benzene rings is 3. The van der Waals surface area contributed by atoms with E-state index in [4.69, 9.17) is 0 Å². The molecular formula is C35H50N2. The predicted octanol–water partition coefficient (Wildman–Crippen LogP) is 10.7. The molecule has 0 spiro atoms. The van der Waals surface area contributed by atoms with Gasteiger partial charge in [-0.2, -0.15) is 0 Å². The second kappa shape index (κ2) is 9.86. The fourth-order valence-electron chi connectivity index (χ4n) is 5.07. The molecule has 3 aromatic rings. The Morgan fingerprint density at radius 1 is 0.459 bits per heavy atom. The highest BCUT2D eigenvalue weighted by Gasteiger charge is 2.25. The molecule has 3 rings (SSSR count). The van der Waals surface area contributed by atoms with Crippen molar-refractivity contribution < 1.29 is 0 Å². The van der Waals surface area contributed by atoms with Crippen molar-refractivity contribution in [1.29, 1.82) is 0 Å². The molecule has 2 nitrogen and oxygen atoms in total. The maximum Gasteiger partial charge on any atom is 0.0623 e. The third-order valence-corrected chi connectivity index (χ3v) is 7.11. The minimum atomic E-state index is 0.0195. The molecule has 0 aromatic heterocycles. The van der Waals surface area contributed by atoms with Gasteiger partial charge in [0.05, 0.1) is 11.4 Å². The molecule has 2 heteroatoms. The van der Waals surface area contributed by atoms with Gasteiger partial charge in [-0.1, -0.05) is 113 Å². The zero-order valence-corrected chi connectivity index (χ0v) is 25.7. The summed E-state index contributed by atoms with van der Waals surface area (Å²) in [7, 11) is 0. The molecule has 0 amide bonds. The third kappa shape index (κ3) is 6.78. The molecule has 200 valence electrons. The molecule has 0 unspecified atom stereocenters. The van der Waals surface area contributed by atoms with E-state index < -0.39 is 0 Å². The summed E-state index contributed by atoms with van der Waals surface area (Å²) in [4.78, 5) is 0. The van der Waals surface area contributed by atoms with Crippen LogP contribution in [-0.2, 0) is 21.7 Å². The van der Waals surface area contributed by atoms with E-state index in [1.807, 2.05) is 0 Å². The van der Waals surface area contributed by atoms with Crippen LogP contribution in [0.4, 0.5) is 22.7 Å². The minimum Gasteiger partial charge on any atom is -0.354 e. The normalized spacial score (nSPS) is 13.0. The van der Waals surface area contributed by atoms with E-state index in [0.29, 0.717) is 0 Å². The van der Waals surface area contributed by atoms with Gasteiger partial charge in [0, 0.05) is 11.4 Å². The first-order valence-corrected chi connectivity index (χ1v) is 13.7. The van der Waals surface area contributed by atoms with Gasteiger partial charge in [-0.3, -0.25) is 0 Å². The molecule has 2 N–H and O–H groups in total. The molecule has 3 aromatic carbocycles. The van der Waals surface area contributed by atoms with Crippen LogP contribution in [0.25, 0.3) is 0 Å². The van der Waals surface area contributed by atoms with Crippen molar-refractivity contribution in [3.8, 4) is 0 Å². The number of anilines is 4. The van der Waals surface area contributed by atoms with Crippen LogP contribution < -0.4 is 10.6 Å². The summed E-state index contributed by atoms with van der Waals surface area (Å²) >= 11 is 0. The maximum absolute atomic E-state index is 3.86. The van der Waals surface area contributed by atoms with Crippen molar-refractivity contribution in [2.75, 3.05) is 10.6 Å². The lowest BCUT2D eigenvalue weighted by atomic mass is 9.78. The third-order valence-electron chi connectivity index (χ3n) is 7.11. The topological polar surface area (TPSA) is 24.1 Å². The van der Waals surface area contributed by atoms with Gasteiger partial charge < -0.3 is 10.6 Å². The van der Waals surface area contributed by atoms with E-state index in [1.165, 1.54) is 39.2 Å². The number of nitrogens with one attached hydrogen (secondary N) is 2. The summed E-state index contributed by atoms with van der Waals surface area (Å²) in [5.41, 5.74) is 11.4. The molecule has 0 aliphatic heterocycles. The van der Waals surface area contributed by atoms with E-state index in [9.17, 15) is 0 Å². The molecular weight excluding hydrogens is 448 g/mol. The van der Waals surface area contributed by atoms with Crippen molar-refractivity contribution in [3.05, 3.63) is 82.4 Å². The first kappa shape index (κ1) is 28.8. The Balaban J connectivity index is 2.15. The summed E-state index contributed by atoms with van der Waals surface area (Å²) in [5.74, 6) is 0. The smallest absolute Gasteiger partial charge is 0.0623 e. The Morgan fingerprint density at radius 3 is 1.41 bits per heavy atom. The number of para-hydroxylation sites is 2. The summed E-state index contributed by atoms with van der Waals surface area (Å²) in [6.07, 6.45) is 0. The van der Waals surface area contributed by atoms with E-state index in [2.05, 4.69) is 155 Å². The molecule has 0 aliphatic carbocycles. The number of rotatable bonds is 4. The zero-order chi connectivity index (χ0) is 28.0. The Bertz CT molecular complexity index is 1250. The SMILES string of the molecule is Cc1cc(C(C)(C)C)cc(Nc2ccccc2Nc2cc(C(C)(C)C)ccc2C(C)(C)C)c1C(C)(C)C. The highest BCUT2D eigenvalue weighted by Crippen LogP contribution is 2.41. The van der Waals surface area contributed by atoms with Gasteiger partial charge in [-0.15, -0.1) is 0 Å². The first-order chi connectivity index (χ1) is 16.8. The van der Waals surface area contributed by atoms with E-state index in [-0.39, 0.29) is 21.7 Å². The minimum absolute atomic E-state index is 0.0195. The Kier molecular flexibility index (Phi) is 7.68. The lowest BCUT2D eigenvalue weighted by Gasteiger charge is -2.30. The fourth-order valence-corrected chi connectivity index (χ4v) is 5.07. The van der Waals surface area contributed by atoms with Crippen LogP contribution in [0.3, 0.4) is 0 Å². The maximum atomic E-state index is 3.86. The summed E-state index contributed by atoms with van der Waals surface area (Å²) < 4.78 is 0. The fraction of sp³-hybridized carbons (Fsp3) is 0.486. The lowest BCUT2D eigenvalue weighted by molar-refractivity contribution is 0.575. The summed E-state index contributed by atoms with van der Waals surface area (Å²) in [5, 5.41) is 7.70. The van der Waals surface area contributed by atoms with Crippen molar-refractivity contribution in [2.45, 2.75) is 112 Å². The van der Waals surface area contributed by atoms with Gasteiger partial charge in [0.15, 0.2) is 0 Å². The first-order valence-electron chi connectivity index (χ1n) is 13.7. The van der Waals surface area contributed by atoms with Crippen LogP contribution in [-0.4, -0.2) is 0 Å². The Labute approximate surface area is 227 Å². The van der Waals surface area contributed by atoms with Gasteiger partial charge in [0.2, 0.25) is 0 Å². The molecule has 0 saturated heterocycles. The van der Waals surface area contributed by atoms with Crippen LogP contribution in [0, 0.1) is 6.92 Å². The average Bonchev–Trinajstić information content (AvgIpc) is 2.71. The summed E-state index contributed by atoms with van der Waals surface area (Å²) in [6.45, 7) is 29.7. The number of hydrogen-bond donors (Lipinski definition) is 2. The molecule has 0 bridgehead atoms. The molecule has 0 fully saturated rings. The van der Waals surface area contributed by atoms with E-state index >= 15 is 0 Å². The molecule has 0 atom stereocenters. The van der Waals surface area contributed by atoms with Gasteiger partial charge in [0.25, 0.3) is 0 Å². The summed E-state index contributed by atoms with van der Waals surface area (Å²) in [6, 6.07) is 20.2. The van der Waals surface area contributed by atoms with Gasteiger partial charge in [0.1, 0.15) is 0 Å². The second-order valence-corrected chi connectivity index (χ2v) is 14.8. The van der Waals surface area contributed by atoms with Crippen LogP contribution in [0.5, 0.6) is 0 Å². The lowest BCUT2D eigenvalue weighted by Crippen LogP contribution is -2.19. The van der Waals surface area contributed by atoms with Gasteiger partial charge in [-0.25, -0.2) is 0 Å². The van der Waals surface area contributed by atoms with Crippen LogP contribution in [0.15, 0.2) is 54.6 Å². The van der Waals surface area contributed by atoms with E-state index in [1.54, 1.807) is 0 Å². The largest absolute Gasteiger partial charge is 0.354 e. The highest BCUT2D eigenvalue weighted by molar-refractivity contribution is 5.81. The van der Waals surface area contributed by atoms with Crippen LogP contribution >= 0.6 is 0 Å². The quantitative estimate of drug-likeness (QED) is 0.374. The van der Waals surface area contributed by atoms with Crippen molar-refractivity contribution in [1.82, 2.24) is 0 Å². The predicted molar refractivity (Wildman–Crippen MR) is 165 cm³/mol. The molecule has 0 aliphatic rings. The number of hydrogen-bond acceptors (Lipinski definition) is 2. The zero-order valence-electron chi connectivity index (χ0n) is 25.7. The highest BCUT2D eigenvalue weighted by atomic mass is 15.0. The van der Waals surface area contributed by atoms with Crippen LogP contribution in [0.1, 0.15) is 111 Å². The monoisotopic (exact) mass is 498 g/mol. The molecule has 0 radical (unpaired) electrons. The standard InChI is InChI=1S/C35H50N2/c1-23-20-25(33(5,6)7)22-30(31(23)35(11,12)13)37-28-17-15-14-16-27(28)36-29-21-24(32(2,3)4)18-19-26(29)34(8,9)10/h14-22,36-37H,1-13H3. The Morgan fingerprint density at radius 2 is 0.946 bits per heavy atom. The van der Waals surface area contributed by atoms with Crippen molar-refractivity contribution in [3.63, 3.8) is 0 Å². The molecule has 0 saturated carbocycles. The van der Waals surface area contributed by atoms with Gasteiger partial charge in [-0.05, 0) is 80.7 Å². The van der Waals surface area contributed by atoms with Crippen molar-refractivity contribution in [2.24, 2.45) is 0 Å².